The van der Waals surface area contributed by atoms with Crippen molar-refractivity contribution in [2.24, 2.45) is 5.41 Å². The maximum Gasteiger partial charge on any atom is 0.261 e. The topological polar surface area (TPSA) is 74.8 Å². The molecule has 2 heterocycles. The molecule has 8 heteroatoms. The van der Waals surface area contributed by atoms with Gasteiger partial charge in [0.15, 0.2) is 0 Å². The van der Waals surface area contributed by atoms with Crippen molar-refractivity contribution in [3.63, 3.8) is 0 Å². The molecule has 0 bridgehead atoms. The second-order valence-electron chi connectivity index (χ2n) is 15.5. The predicted molar refractivity (Wildman–Crippen MR) is 171 cm³/mol. The van der Waals surface area contributed by atoms with Gasteiger partial charge in [-0.2, -0.15) is 0 Å². The molecule has 5 rings (SSSR count). The standard InChI is InChI=1S/C36H50N4O4/c1-24-10-16-28-30(20-24)34(43)37(32(28)41)18-9-19-39(5,6)26-12-14-27(15-13-26)40(7,8)23-36(3,4)22-38-33(42)29-17-11-25(2)21-31(29)35(38)44/h10-11,16-17,20-21,26-27H,9,12-15,18-19,22-23H2,1-8H3/q+2. The van der Waals surface area contributed by atoms with Crippen molar-refractivity contribution in [1.82, 2.24) is 9.80 Å². The summed E-state index contributed by atoms with van der Waals surface area (Å²) in [5, 5.41) is 0. The van der Waals surface area contributed by atoms with Crippen LogP contribution >= 0.6 is 0 Å². The SMILES string of the molecule is Cc1ccc2c(c1)C(=O)N(CCC[N+](C)(C)C1CCC([N+](C)(C)CC(C)(C)CN3C(=O)c4ccc(C)cc4C3=O)CC1)C2=O. The lowest BCUT2D eigenvalue weighted by Crippen LogP contribution is -2.59. The van der Waals surface area contributed by atoms with Gasteiger partial charge in [0.2, 0.25) is 0 Å². The van der Waals surface area contributed by atoms with Crippen LogP contribution in [0.1, 0.15) is 98.5 Å². The molecule has 0 radical (unpaired) electrons. The van der Waals surface area contributed by atoms with Crippen molar-refractivity contribution in [3.05, 3.63) is 69.8 Å². The summed E-state index contributed by atoms with van der Waals surface area (Å²) in [5.74, 6) is -0.690. The quantitative estimate of drug-likeness (QED) is 0.281. The fourth-order valence-corrected chi connectivity index (χ4v) is 8.14. The lowest BCUT2D eigenvalue weighted by atomic mass is 9.84. The van der Waals surface area contributed by atoms with Crippen LogP contribution in [0.25, 0.3) is 0 Å². The highest BCUT2D eigenvalue weighted by Gasteiger charge is 2.44. The van der Waals surface area contributed by atoms with E-state index in [1.54, 1.807) is 12.1 Å². The number of hydrogen-bond donors (Lipinski definition) is 0. The Morgan fingerprint density at radius 2 is 1.09 bits per heavy atom. The number of carbonyl (C=O) groups is 4. The van der Waals surface area contributed by atoms with Crippen LogP contribution in [0.3, 0.4) is 0 Å². The van der Waals surface area contributed by atoms with Crippen molar-refractivity contribution in [3.8, 4) is 0 Å². The minimum atomic E-state index is -0.235. The maximum absolute atomic E-state index is 13.1. The fourth-order valence-electron chi connectivity index (χ4n) is 8.14. The van der Waals surface area contributed by atoms with Crippen LogP contribution in [0.2, 0.25) is 0 Å². The van der Waals surface area contributed by atoms with Gasteiger partial charge in [-0.1, -0.05) is 37.1 Å². The van der Waals surface area contributed by atoms with Crippen LogP contribution in [0, 0.1) is 19.3 Å². The Kier molecular flexibility index (Phi) is 8.40. The van der Waals surface area contributed by atoms with Gasteiger partial charge in [0.1, 0.15) is 0 Å². The zero-order valence-corrected chi connectivity index (χ0v) is 27.9. The van der Waals surface area contributed by atoms with E-state index in [-0.39, 0.29) is 29.0 Å². The summed E-state index contributed by atoms with van der Waals surface area (Å²) in [4.78, 5) is 54.9. The lowest BCUT2D eigenvalue weighted by molar-refractivity contribution is -0.934. The molecule has 0 unspecified atom stereocenters. The van der Waals surface area contributed by atoms with Crippen LogP contribution < -0.4 is 0 Å². The first-order valence-electron chi connectivity index (χ1n) is 16.1. The molecule has 0 spiro atoms. The molecule has 0 atom stereocenters. The predicted octanol–water partition coefficient (Wildman–Crippen LogP) is 5.08. The summed E-state index contributed by atoms with van der Waals surface area (Å²) >= 11 is 0. The van der Waals surface area contributed by atoms with Crippen molar-refractivity contribution >= 4 is 23.6 Å². The van der Waals surface area contributed by atoms with Crippen molar-refractivity contribution in [1.29, 1.82) is 0 Å². The number of quaternary nitrogens is 2. The molecule has 2 aliphatic heterocycles. The second kappa shape index (κ2) is 11.5. The molecule has 2 aromatic carbocycles. The number of fused-ring (bicyclic) bond motifs is 2. The first-order valence-corrected chi connectivity index (χ1v) is 16.1. The highest BCUT2D eigenvalue weighted by Crippen LogP contribution is 2.35. The fraction of sp³-hybridized carbons (Fsp3) is 0.556. The number of carbonyl (C=O) groups excluding carboxylic acids is 4. The van der Waals surface area contributed by atoms with E-state index in [9.17, 15) is 19.2 Å². The average Bonchev–Trinajstić information content (AvgIpc) is 3.31. The number of imide groups is 2. The molecule has 1 aliphatic carbocycles. The van der Waals surface area contributed by atoms with E-state index in [4.69, 9.17) is 0 Å². The van der Waals surface area contributed by atoms with Gasteiger partial charge >= 0.3 is 0 Å². The van der Waals surface area contributed by atoms with Gasteiger partial charge in [0.05, 0.1) is 75.6 Å². The van der Waals surface area contributed by atoms with E-state index in [0.29, 0.717) is 47.4 Å². The number of amides is 4. The molecule has 44 heavy (non-hydrogen) atoms. The minimum absolute atomic E-state index is 0.166. The summed E-state index contributed by atoms with van der Waals surface area (Å²) in [5.41, 5.74) is 3.84. The summed E-state index contributed by atoms with van der Waals surface area (Å²) in [6.45, 7) is 10.9. The lowest BCUT2D eigenvalue weighted by Gasteiger charge is -2.48. The highest BCUT2D eigenvalue weighted by molar-refractivity contribution is 6.22. The largest absolute Gasteiger partial charge is 0.326 e. The van der Waals surface area contributed by atoms with E-state index in [2.05, 4.69) is 42.0 Å². The molecule has 0 saturated heterocycles. The Balaban J connectivity index is 1.12. The van der Waals surface area contributed by atoms with Gasteiger partial charge in [-0.05, 0) is 38.1 Å². The normalized spacial score (nSPS) is 20.9. The number of nitrogens with zero attached hydrogens (tertiary/aromatic N) is 4. The molecule has 8 nitrogen and oxygen atoms in total. The van der Waals surface area contributed by atoms with E-state index < -0.39 is 0 Å². The highest BCUT2D eigenvalue weighted by atomic mass is 16.2. The Bertz CT molecular complexity index is 1500. The minimum Gasteiger partial charge on any atom is -0.326 e. The first-order chi connectivity index (χ1) is 20.5. The third-order valence-corrected chi connectivity index (χ3v) is 10.4. The molecular weight excluding hydrogens is 552 g/mol. The molecule has 236 valence electrons. The van der Waals surface area contributed by atoms with Crippen LogP contribution in [-0.4, -0.2) is 109 Å². The van der Waals surface area contributed by atoms with E-state index in [1.165, 1.54) is 9.80 Å². The molecular formula is C36H50N4O4+2. The van der Waals surface area contributed by atoms with Crippen molar-refractivity contribution in [2.45, 2.75) is 71.9 Å². The first kappa shape index (κ1) is 32.0. The van der Waals surface area contributed by atoms with E-state index in [0.717, 1.165) is 65.3 Å². The molecule has 1 fully saturated rings. The Hall–Kier alpha value is -3.36. The summed E-state index contributed by atoms with van der Waals surface area (Å²) in [7, 11) is 9.15. The zero-order chi connectivity index (χ0) is 32.2. The number of rotatable bonds is 10. The van der Waals surface area contributed by atoms with E-state index in [1.807, 2.05) is 38.1 Å². The third-order valence-electron chi connectivity index (χ3n) is 10.4. The second-order valence-corrected chi connectivity index (χ2v) is 15.5. The van der Waals surface area contributed by atoms with Gasteiger partial charge in [-0.3, -0.25) is 29.0 Å². The molecule has 2 aromatic rings. The summed E-state index contributed by atoms with van der Waals surface area (Å²) in [6.07, 6.45) is 5.29. The maximum atomic E-state index is 13.1. The van der Waals surface area contributed by atoms with Crippen LogP contribution in [0.15, 0.2) is 36.4 Å². The van der Waals surface area contributed by atoms with Crippen molar-refractivity contribution in [2.75, 3.05) is 54.4 Å². The smallest absolute Gasteiger partial charge is 0.261 e. The van der Waals surface area contributed by atoms with Crippen molar-refractivity contribution < 1.29 is 28.1 Å². The summed E-state index contributed by atoms with van der Waals surface area (Å²) in [6, 6.07) is 12.0. The van der Waals surface area contributed by atoms with Gasteiger partial charge in [0.25, 0.3) is 23.6 Å². The van der Waals surface area contributed by atoms with Crippen LogP contribution in [-0.2, 0) is 0 Å². The third kappa shape index (κ3) is 6.11. The molecule has 0 N–H and O–H groups in total. The van der Waals surface area contributed by atoms with Gasteiger partial charge in [-0.15, -0.1) is 0 Å². The number of benzene rings is 2. The Morgan fingerprint density at radius 1 is 0.659 bits per heavy atom. The van der Waals surface area contributed by atoms with Crippen LogP contribution in [0.4, 0.5) is 0 Å². The average molecular weight is 603 g/mol. The monoisotopic (exact) mass is 602 g/mol. The number of aryl methyl sites for hydroxylation is 2. The molecule has 4 amide bonds. The molecule has 1 saturated carbocycles. The van der Waals surface area contributed by atoms with Gasteiger partial charge in [-0.25, -0.2) is 0 Å². The summed E-state index contributed by atoms with van der Waals surface area (Å²) < 4.78 is 1.74. The van der Waals surface area contributed by atoms with Gasteiger partial charge < -0.3 is 8.97 Å². The molecule has 0 aromatic heterocycles. The van der Waals surface area contributed by atoms with Gasteiger partial charge in [0, 0.05) is 50.6 Å². The van der Waals surface area contributed by atoms with Crippen LogP contribution in [0.5, 0.6) is 0 Å². The number of hydrogen-bond acceptors (Lipinski definition) is 4. The Labute approximate surface area is 262 Å². The molecule has 3 aliphatic rings. The van der Waals surface area contributed by atoms with E-state index >= 15 is 0 Å². The zero-order valence-electron chi connectivity index (χ0n) is 27.9. The Morgan fingerprint density at radius 3 is 1.61 bits per heavy atom.